The van der Waals surface area contributed by atoms with Gasteiger partial charge in [0.25, 0.3) is 0 Å². The molecule has 0 aliphatic heterocycles. The molecule has 17 heavy (non-hydrogen) atoms. The molecule has 0 radical (unpaired) electrons. The molecule has 2 unspecified atom stereocenters. The molecular weight excluding hydrogens is 212 g/mol. The van der Waals surface area contributed by atoms with E-state index in [1.165, 1.54) is 11.1 Å². The fraction of sp³-hybridized carbons (Fsp3) is 0.400. The fourth-order valence-electron chi connectivity index (χ4n) is 2.40. The first-order valence-electron chi connectivity index (χ1n) is 5.91. The third-order valence-electron chi connectivity index (χ3n) is 3.65. The van der Waals surface area contributed by atoms with Crippen LogP contribution in [-0.4, -0.2) is 11.6 Å². The lowest BCUT2D eigenvalue weighted by atomic mass is 9.91. The van der Waals surface area contributed by atoms with E-state index in [4.69, 9.17) is 4.74 Å². The third kappa shape index (κ3) is 1.99. The van der Waals surface area contributed by atoms with Crippen LogP contribution in [0.2, 0.25) is 0 Å². The zero-order valence-corrected chi connectivity index (χ0v) is 10.6. The molecule has 1 aliphatic rings. The second kappa shape index (κ2) is 4.02. The molecule has 0 saturated heterocycles. The maximum absolute atomic E-state index is 11.7. The molecule has 0 saturated carbocycles. The van der Waals surface area contributed by atoms with E-state index in [1.54, 1.807) is 6.92 Å². The molecule has 0 bridgehead atoms. The Balaban J connectivity index is 2.26. The van der Waals surface area contributed by atoms with Crippen LogP contribution < -0.4 is 0 Å². The quantitative estimate of drug-likeness (QED) is 0.576. The molecule has 0 aromatic heterocycles. The van der Waals surface area contributed by atoms with Gasteiger partial charge in [-0.25, -0.2) is 4.79 Å². The number of hydrogen-bond donors (Lipinski definition) is 0. The van der Waals surface area contributed by atoms with Crippen molar-refractivity contribution in [3.8, 4) is 0 Å². The second-order valence-electron chi connectivity index (χ2n) is 5.08. The van der Waals surface area contributed by atoms with Crippen molar-refractivity contribution in [2.75, 3.05) is 0 Å². The van der Waals surface area contributed by atoms with Crippen molar-refractivity contribution in [3.63, 3.8) is 0 Å². The molecule has 1 aliphatic carbocycles. The Bertz CT molecular complexity index is 476. The predicted molar refractivity (Wildman–Crippen MR) is 67.9 cm³/mol. The molecule has 90 valence electrons. The lowest BCUT2D eigenvalue weighted by Crippen LogP contribution is -2.35. The molecule has 2 rings (SSSR count). The summed E-state index contributed by atoms with van der Waals surface area (Å²) in [6.07, 6.45) is 0.781. The number of carbonyl (C=O) groups is 1. The van der Waals surface area contributed by atoms with Crippen molar-refractivity contribution in [1.82, 2.24) is 0 Å². The van der Waals surface area contributed by atoms with Crippen molar-refractivity contribution < 1.29 is 9.53 Å². The summed E-state index contributed by atoms with van der Waals surface area (Å²) in [5.74, 6) is -0.0749. The highest BCUT2D eigenvalue weighted by atomic mass is 16.6. The Kier molecular flexibility index (Phi) is 2.82. The zero-order valence-electron chi connectivity index (χ0n) is 10.6. The van der Waals surface area contributed by atoms with Crippen molar-refractivity contribution in [2.24, 2.45) is 0 Å². The first kappa shape index (κ1) is 11.9. The van der Waals surface area contributed by atoms with E-state index >= 15 is 0 Å². The molecule has 0 N–H and O–H groups in total. The van der Waals surface area contributed by atoms with Crippen molar-refractivity contribution in [3.05, 3.63) is 47.5 Å². The lowest BCUT2D eigenvalue weighted by Gasteiger charge is -2.29. The number of benzene rings is 1. The molecule has 1 aromatic carbocycles. The van der Waals surface area contributed by atoms with E-state index < -0.39 is 5.60 Å². The summed E-state index contributed by atoms with van der Waals surface area (Å²) in [7, 11) is 0. The van der Waals surface area contributed by atoms with Gasteiger partial charge in [-0.3, -0.25) is 0 Å². The van der Waals surface area contributed by atoms with E-state index in [2.05, 4.69) is 25.6 Å². The van der Waals surface area contributed by atoms with Gasteiger partial charge in [0.15, 0.2) is 0 Å². The summed E-state index contributed by atoms with van der Waals surface area (Å²) in [4.78, 5) is 11.7. The first-order valence-corrected chi connectivity index (χ1v) is 5.91. The molecule has 0 spiro atoms. The highest BCUT2D eigenvalue weighted by Crippen LogP contribution is 2.43. The number of esters is 1. The monoisotopic (exact) mass is 230 g/mol. The van der Waals surface area contributed by atoms with Crippen molar-refractivity contribution in [1.29, 1.82) is 0 Å². The van der Waals surface area contributed by atoms with E-state index in [1.807, 2.05) is 19.1 Å². The maximum atomic E-state index is 11.7. The molecule has 2 nitrogen and oxygen atoms in total. The van der Waals surface area contributed by atoms with Gasteiger partial charge in [-0.05, 0) is 25.0 Å². The van der Waals surface area contributed by atoms with E-state index in [0.29, 0.717) is 5.57 Å². The Morgan fingerprint density at radius 3 is 2.71 bits per heavy atom. The standard InChI is InChI=1S/C15H18O2/c1-10(2)14(16)17-15(4)9-12-7-5-6-8-13(12)11(15)3/h5-8,11H,1,9H2,2-4H3. The number of carbonyl (C=O) groups excluding carboxylic acids is 1. The highest BCUT2D eigenvalue weighted by Gasteiger charge is 2.42. The predicted octanol–water partition coefficient (Wildman–Crippen LogP) is 3.22. The molecular formula is C15H18O2. The van der Waals surface area contributed by atoms with Crippen LogP contribution in [0.4, 0.5) is 0 Å². The van der Waals surface area contributed by atoms with Crippen LogP contribution in [0.1, 0.15) is 37.8 Å². The third-order valence-corrected chi connectivity index (χ3v) is 3.65. The minimum absolute atomic E-state index is 0.224. The second-order valence-corrected chi connectivity index (χ2v) is 5.08. The van der Waals surface area contributed by atoms with Crippen LogP contribution in [0, 0.1) is 0 Å². The van der Waals surface area contributed by atoms with Crippen LogP contribution in [0.5, 0.6) is 0 Å². The summed E-state index contributed by atoms with van der Waals surface area (Å²) < 4.78 is 5.62. The van der Waals surface area contributed by atoms with Crippen molar-refractivity contribution >= 4 is 5.97 Å². The Morgan fingerprint density at radius 2 is 2.12 bits per heavy atom. The molecule has 0 fully saturated rings. The average Bonchev–Trinajstić information content (AvgIpc) is 2.52. The lowest BCUT2D eigenvalue weighted by molar-refractivity contribution is -0.154. The van der Waals surface area contributed by atoms with Crippen LogP contribution in [0.25, 0.3) is 0 Å². The van der Waals surface area contributed by atoms with Gasteiger partial charge in [-0.2, -0.15) is 0 Å². The SMILES string of the molecule is C=C(C)C(=O)OC1(C)Cc2ccccc2C1C. The summed E-state index contributed by atoms with van der Waals surface area (Å²) >= 11 is 0. The Morgan fingerprint density at radius 1 is 1.47 bits per heavy atom. The smallest absolute Gasteiger partial charge is 0.333 e. The Hall–Kier alpha value is -1.57. The molecule has 2 atom stereocenters. The summed E-state index contributed by atoms with van der Waals surface area (Å²) in [5, 5.41) is 0. The minimum atomic E-state index is -0.445. The van der Waals surface area contributed by atoms with E-state index in [9.17, 15) is 4.79 Å². The van der Waals surface area contributed by atoms with Crippen LogP contribution >= 0.6 is 0 Å². The zero-order chi connectivity index (χ0) is 12.6. The topological polar surface area (TPSA) is 26.3 Å². The average molecular weight is 230 g/mol. The van der Waals surface area contributed by atoms with Crippen molar-refractivity contribution in [2.45, 2.75) is 38.7 Å². The number of ether oxygens (including phenoxy) is 1. The van der Waals surface area contributed by atoms with Gasteiger partial charge in [0.1, 0.15) is 5.60 Å². The summed E-state index contributed by atoms with van der Waals surface area (Å²) in [6.45, 7) is 9.41. The normalized spacial score (nSPS) is 26.4. The minimum Gasteiger partial charge on any atom is -0.455 e. The van der Waals surface area contributed by atoms with Gasteiger partial charge >= 0.3 is 5.97 Å². The van der Waals surface area contributed by atoms with Gasteiger partial charge in [0.2, 0.25) is 0 Å². The highest BCUT2D eigenvalue weighted by molar-refractivity contribution is 5.87. The Labute approximate surface area is 102 Å². The van der Waals surface area contributed by atoms with Gasteiger partial charge < -0.3 is 4.74 Å². The van der Waals surface area contributed by atoms with E-state index in [0.717, 1.165) is 6.42 Å². The maximum Gasteiger partial charge on any atom is 0.333 e. The van der Waals surface area contributed by atoms with Gasteiger partial charge in [0, 0.05) is 17.9 Å². The summed E-state index contributed by atoms with van der Waals surface area (Å²) in [6, 6.07) is 8.27. The number of rotatable bonds is 2. The molecule has 0 heterocycles. The molecule has 2 heteroatoms. The van der Waals surface area contributed by atoms with Crippen LogP contribution in [-0.2, 0) is 16.0 Å². The van der Waals surface area contributed by atoms with Gasteiger partial charge in [-0.15, -0.1) is 0 Å². The number of hydrogen-bond acceptors (Lipinski definition) is 2. The fourth-order valence-corrected chi connectivity index (χ4v) is 2.40. The van der Waals surface area contributed by atoms with E-state index in [-0.39, 0.29) is 11.9 Å². The summed E-state index contributed by atoms with van der Waals surface area (Å²) in [5.41, 5.74) is 2.57. The molecule has 1 aromatic rings. The van der Waals surface area contributed by atoms with Gasteiger partial charge in [-0.1, -0.05) is 37.8 Å². The van der Waals surface area contributed by atoms with Crippen LogP contribution in [0.15, 0.2) is 36.4 Å². The van der Waals surface area contributed by atoms with Crippen LogP contribution in [0.3, 0.4) is 0 Å². The van der Waals surface area contributed by atoms with Gasteiger partial charge in [0.05, 0.1) is 0 Å². The number of fused-ring (bicyclic) bond motifs is 1. The molecule has 0 amide bonds. The largest absolute Gasteiger partial charge is 0.455 e. The first-order chi connectivity index (χ1) is 7.94.